The third-order valence-corrected chi connectivity index (χ3v) is 4.33. The van der Waals surface area contributed by atoms with Crippen LogP contribution < -0.4 is 15.4 Å². The van der Waals surface area contributed by atoms with Crippen molar-refractivity contribution in [1.82, 2.24) is 15.5 Å². The second-order valence-electron chi connectivity index (χ2n) is 7.00. The topological polar surface area (TPSA) is 62.8 Å². The van der Waals surface area contributed by atoms with Crippen LogP contribution in [0.1, 0.15) is 19.4 Å². The van der Waals surface area contributed by atoms with E-state index in [9.17, 15) is 18.0 Å². The molecule has 0 saturated carbocycles. The summed E-state index contributed by atoms with van der Waals surface area (Å²) in [6.07, 6.45) is -4.37. The molecule has 0 radical (unpaired) electrons. The molecule has 2 rings (SSSR count). The molecule has 1 fully saturated rings. The Bertz CT molecular complexity index is 600. The number of rotatable bonds is 7. The standard InChI is InChI=1S/C18H26F3N3O3/c1-17(2,24-7-9-26-10-8-24)12-23-16(25)22-11-14-3-5-15(6-4-14)27-13-18(19,20)21/h3-6H,7-13H2,1-2H3,(H2,22,23,25). The van der Waals surface area contributed by atoms with E-state index < -0.39 is 12.8 Å². The number of morpholine rings is 1. The highest BCUT2D eigenvalue weighted by molar-refractivity contribution is 5.73. The van der Waals surface area contributed by atoms with Crippen LogP contribution in [-0.4, -0.2) is 62.1 Å². The molecule has 1 aliphatic rings. The summed E-state index contributed by atoms with van der Waals surface area (Å²) < 4.78 is 46.3. The van der Waals surface area contributed by atoms with E-state index in [4.69, 9.17) is 4.74 Å². The third kappa shape index (κ3) is 7.64. The van der Waals surface area contributed by atoms with Crippen LogP contribution in [-0.2, 0) is 11.3 Å². The lowest BCUT2D eigenvalue weighted by Gasteiger charge is -2.40. The van der Waals surface area contributed by atoms with Crippen LogP contribution in [0, 0.1) is 0 Å². The van der Waals surface area contributed by atoms with E-state index >= 15 is 0 Å². The number of carbonyl (C=O) groups is 1. The van der Waals surface area contributed by atoms with Crippen LogP contribution in [0.15, 0.2) is 24.3 Å². The minimum Gasteiger partial charge on any atom is -0.484 e. The molecule has 0 bridgehead atoms. The lowest BCUT2D eigenvalue weighted by atomic mass is 10.0. The first kappa shape index (κ1) is 21.3. The van der Waals surface area contributed by atoms with Crippen LogP contribution in [0.5, 0.6) is 5.75 Å². The van der Waals surface area contributed by atoms with Crippen LogP contribution in [0.3, 0.4) is 0 Å². The molecule has 1 saturated heterocycles. The number of carbonyl (C=O) groups excluding carboxylic acids is 1. The molecule has 1 heterocycles. The van der Waals surface area contributed by atoms with Crippen molar-refractivity contribution in [2.75, 3.05) is 39.5 Å². The maximum absolute atomic E-state index is 12.1. The van der Waals surface area contributed by atoms with E-state index in [1.165, 1.54) is 12.1 Å². The Balaban J connectivity index is 1.71. The van der Waals surface area contributed by atoms with Gasteiger partial charge >= 0.3 is 12.2 Å². The Morgan fingerprint density at radius 2 is 1.78 bits per heavy atom. The van der Waals surface area contributed by atoms with Gasteiger partial charge in [-0.05, 0) is 31.5 Å². The van der Waals surface area contributed by atoms with E-state index in [-0.39, 0.29) is 23.9 Å². The van der Waals surface area contributed by atoms with Crippen LogP contribution >= 0.6 is 0 Å². The Morgan fingerprint density at radius 1 is 1.15 bits per heavy atom. The molecule has 1 aromatic carbocycles. The lowest BCUT2D eigenvalue weighted by molar-refractivity contribution is -0.153. The number of hydrogen-bond donors (Lipinski definition) is 2. The van der Waals surface area contributed by atoms with E-state index in [0.29, 0.717) is 19.8 Å². The average Bonchev–Trinajstić information content (AvgIpc) is 2.64. The molecular formula is C18H26F3N3O3. The number of hydrogen-bond acceptors (Lipinski definition) is 4. The minimum absolute atomic E-state index is 0.132. The molecule has 152 valence electrons. The number of urea groups is 1. The fourth-order valence-electron chi connectivity index (χ4n) is 2.69. The molecule has 0 unspecified atom stereocenters. The molecule has 9 heteroatoms. The lowest BCUT2D eigenvalue weighted by Crippen LogP contribution is -2.56. The number of alkyl halides is 3. The molecule has 2 amide bonds. The monoisotopic (exact) mass is 389 g/mol. The smallest absolute Gasteiger partial charge is 0.422 e. The van der Waals surface area contributed by atoms with Crippen molar-refractivity contribution in [2.24, 2.45) is 0 Å². The molecular weight excluding hydrogens is 363 g/mol. The summed E-state index contributed by atoms with van der Waals surface area (Å²) in [4.78, 5) is 14.3. The molecule has 2 N–H and O–H groups in total. The van der Waals surface area contributed by atoms with Gasteiger partial charge in [0.05, 0.1) is 13.2 Å². The molecule has 0 atom stereocenters. The first-order chi connectivity index (χ1) is 12.7. The largest absolute Gasteiger partial charge is 0.484 e. The van der Waals surface area contributed by atoms with Crippen LogP contribution in [0.25, 0.3) is 0 Å². The molecule has 1 aliphatic heterocycles. The summed E-state index contributed by atoms with van der Waals surface area (Å²) in [5, 5.41) is 5.59. The number of nitrogens with zero attached hydrogens (tertiary/aromatic N) is 1. The third-order valence-electron chi connectivity index (χ3n) is 4.33. The Labute approximate surface area is 157 Å². The molecule has 27 heavy (non-hydrogen) atoms. The van der Waals surface area contributed by atoms with Gasteiger partial charge in [0.15, 0.2) is 6.61 Å². The number of nitrogens with one attached hydrogen (secondary N) is 2. The Kier molecular flexibility index (Phi) is 7.32. The van der Waals surface area contributed by atoms with Gasteiger partial charge in [0.2, 0.25) is 0 Å². The molecule has 1 aromatic rings. The van der Waals surface area contributed by atoms with Gasteiger partial charge in [0.1, 0.15) is 5.75 Å². The van der Waals surface area contributed by atoms with Crippen LogP contribution in [0.4, 0.5) is 18.0 Å². The van der Waals surface area contributed by atoms with Gasteiger partial charge in [-0.1, -0.05) is 12.1 Å². The fourth-order valence-corrected chi connectivity index (χ4v) is 2.69. The molecule has 0 spiro atoms. The Hall–Kier alpha value is -2.00. The normalized spacial score (nSPS) is 16.0. The molecule has 0 aromatic heterocycles. The van der Waals surface area contributed by atoms with Gasteiger partial charge in [0, 0.05) is 31.7 Å². The van der Waals surface area contributed by atoms with Gasteiger partial charge in [-0.2, -0.15) is 13.2 Å². The summed E-state index contributed by atoms with van der Waals surface area (Å²) in [5.74, 6) is 0.132. The number of ether oxygens (including phenoxy) is 2. The predicted octanol–water partition coefficient (Wildman–Crippen LogP) is 2.54. The highest BCUT2D eigenvalue weighted by Gasteiger charge is 2.29. The first-order valence-corrected chi connectivity index (χ1v) is 8.79. The second-order valence-corrected chi connectivity index (χ2v) is 7.00. The zero-order valence-electron chi connectivity index (χ0n) is 15.6. The van der Waals surface area contributed by atoms with Gasteiger partial charge in [0.25, 0.3) is 0 Å². The van der Waals surface area contributed by atoms with Crippen molar-refractivity contribution >= 4 is 6.03 Å². The maximum Gasteiger partial charge on any atom is 0.422 e. The zero-order valence-corrected chi connectivity index (χ0v) is 15.6. The van der Waals surface area contributed by atoms with Crippen molar-refractivity contribution in [2.45, 2.75) is 32.1 Å². The highest BCUT2D eigenvalue weighted by atomic mass is 19.4. The summed E-state index contributed by atoms with van der Waals surface area (Å²) in [7, 11) is 0. The van der Waals surface area contributed by atoms with Crippen molar-refractivity contribution in [1.29, 1.82) is 0 Å². The second kappa shape index (κ2) is 9.27. The summed E-state index contributed by atoms with van der Waals surface area (Å²) in [6, 6.07) is 5.83. The Morgan fingerprint density at radius 3 is 2.37 bits per heavy atom. The molecule has 6 nitrogen and oxygen atoms in total. The number of amides is 2. The molecule has 0 aliphatic carbocycles. The quantitative estimate of drug-likeness (QED) is 0.752. The van der Waals surface area contributed by atoms with Crippen molar-refractivity contribution < 1.29 is 27.4 Å². The SMILES string of the molecule is CC(C)(CNC(=O)NCc1ccc(OCC(F)(F)F)cc1)N1CCOCC1. The van der Waals surface area contributed by atoms with E-state index in [2.05, 4.69) is 34.1 Å². The van der Waals surface area contributed by atoms with E-state index in [1.807, 2.05) is 0 Å². The average molecular weight is 389 g/mol. The summed E-state index contributed by atoms with van der Waals surface area (Å²) in [6.45, 7) is 6.61. The number of benzene rings is 1. The van der Waals surface area contributed by atoms with Crippen molar-refractivity contribution in [3.05, 3.63) is 29.8 Å². The summed E-state index contributed by atoms with van der Waals surface area (Å²) in [5.41, 5.74) is 0.579. The van der Waals surface area contributed by atoms with Gasteiger partial charge in [-0.25, -0.2) is 4.79 Å². The summed E-state index contributed by atoms with van der Waals surface area (Å²) >= 11 is 0. The van der Waals surface area contributed by atoms with Gasteiger partial charge in [-0.3, -0.25) is 4.90 Å². The minimum atomic E-state index is -4.37. The predicted molar refractivity (Wildman–Crippen MR) is 94.7 cm³/mol. The van der Waals surface area contributed by atoms with E-state index in [1.54, 1.807) is 12.1 Å². The fraction of sp³-hybridized carbons (Fsp3) is 0.611. The zero-order chi connectivity index (χ0) is 19.9. The van der Waals surface area contributed by atoms with Gasteiger partial charge < -0.3 is 20.1 Å². The van der Waals surface area contributed by atoms with Gasteiger partial charge in [-0.15, -0.1) is 0 Å². The maximum atomic E-state index is 12.1. The first-order valence-electron chi connectivity index (χ1n) is 8.79. The van der Waals surface area contributed by atoms with E-state index in [0.717, 1.165) is 18.7 Å². The van der Waals surface area contributed by atoms with Crippen LogP contribution in [0.2, 0.25) is 0 Å². The van der Waals surface area contributed by atoms with Crippen molar-refractivity contribution in [3.8, 4) is 5.75 Å². The number of halogens is 3. The highest BCUT2D eigenvalue weighted by Crippen LogP contribution is 2.19. The van der Waals surface area contributed by atoms with Crippen molar-refractivity contribution in [3.63, 3.8) is 0 Å².